The zero-order valence-electron chi connectivity index (χ0n) is 24.6. The number of carbonyl (C=O) groups excluding carboxylic acids is 2. The lowest BCUT2D eigenvalue weighted by Gasteiger charge is -2.34. The van der Waals surface area contributed by atoms with Gasteiger partial charge in [0.25, 0.3) is 0 Å². The van der Waals surface area contributed by atoms with E-state index in [9.17, 15) is 18.0 Å². The number of rotatable bonds is 12. The van der Waals surface area contributed by atoms with Crippen LogP contribution in [0.2, 0.25) is 0 Å². The smallest absolute Gasteiger partial charge is 0.243 e. The van der Waals surface area contributed by atoms with Crippen LogP contribution in [0.25, 0.3) is 0 Å². The largest absolute Gasteiger partial charge is 0.454 e. The Labute approximate surface area is 248 Å². The molecule has 3 aromatic rings. The van der Waals surface area contributed by atoms with Crippen LogP contribution < -0.4 is 19.1 Å². The average molecular weight is 594 g/mol. The molecular formula is C32H39N3O6S. The van der Waals surface area contributed by atoms with E-state index in [1.54, 1.807) is 23.1 Å². The summed E-state index contributed by atoms with van der Waals surface area (Å²) in [5.74, 6) is 0.550. The van der Waals surface area contributed by atoms with Gasteiger partial charge in [-0.2, -0.15) is 0 Å². The Kier molecular flexibility index (Phi) is 9.78. The van der Waals surface area contributed by atoms with Crippen molar-refractivity contribution < 1.29 is 27.5 Å². The standard InChI is InChI=1S/C32H39N3O6S/c1-32(2,3)33-31(37)27(20-24-12-7-5-8-13-24)34(22-25-14-9-6-10-15-25)30(36)16-11-19-35(42(4,38)39)26-17-18-28-29(21-26)41-23-40-28/h5-10,12-15,17-18,21,27H,11,16,19-20,22-23H2,1-4H3,(H,33,37). The minimum Gasteiger partial charge on any atom is -0.454 e. The Morgan fingerprint density at radius 3 is 2.14 bits per heavy atom. The summed E-state index contributed by atoms with van der Waals surface area (Å²) in [6.07, 6.45) is 1.78. The molecule has 10 heteroatoms. The molecule has 1 atom stereocenters. The van der Waals surface area contributed by atoms with Crippen molar-refractivity contribution >= 4 is 27.5 Å². The maximum Gasteiger partial charge on any atom is 0.243 e. The second kappa shape index (κ2) is 13.3. The number of nitrogens with zero attached hydrogens (tertiary/aromatic N) is 2. The molecule has 0 saturated heterocycles. The van der Waals surface area contributed by atoms with E-state index < -0.39 is 21.6 Å². The van der Waals surface area contributed by atoms with Gasteiger partial charge in [0.15, 0.2) is 11.5 Å². The summed E-state index contributed by atoms with van der Waals surface area (Å²) in [6.45, 7) is 6.13. The van der Waals surface area contributed by atoms with Crippen molar-refractivity contribution in [3.8, 4) is 11.5 Å². The Morgan fingerprint density at radius 1 is 0.905 bits per heavy atom. The van der Waals surface area contributed by atoms with E-state index in [0.29, 0.717) is 23.6 Å². The number of ether oxygens (including phenoxy) is 2. The summed E-state index contributed by atoms with van der Waals surface area (Å²) in [7, 11) is -3.64. The van der Waals surface area contributed by atoms with Crippen LogP contribution in [-0.4, -0.2) is 56.3 Å². The van der Waals surface area contributed by atoms with Gasteiger partial charge >= 0.3 is 0 Å². The average Bonchev–Trinajstić information content (AvgIpc) is 3.40. The van der Waals surface area contributed by atoms with Crippen molar-refractivity contribution in [1.82, 2.24) is 10.2 Å². The molecule has 1 aliphatic rings. The van der Waals surface area contributed by atoms with Crippen molar-refractivity contribution in [2.24, 2.45) is 0 Å². The molecule has 0 fully saturated rings. The summed E-state index contributed by atoms with van der Waals surface area (Å²) in [4.78, 5) is 29.2. The Bertz CT molecular complexity index is 1470. The minimum atomic E-state index is -3.64. The molecule has 0 spiro atoms. The molecule has 224 valence electrons. The number of amides is 2. The maximum atomic E-state index is 13.9. The van der Waals surface area contributed by atoms with Gasteiger partial charge in [-0.3, -0.25) is 13.9 Å². The van der Waals surface area contributed by atoms with E-state index in [-0.39, 0.29) is 44.5 Å². The summed E-state index contributed by atoms with van der Waals surface area (Å²) in [5, 5.41) is 3.05. The lowest BCUT2D eigenvalue weighted by molar-refractivity contribution is -0.142. The quantitative estimate of drug-likeness (QED) is 0.331. The fraction of sp³-hybridized carbons (Fsp3) is 0.375. The van der Waals surface area contributed by atoms with Crippen molar-refractivity contribution in [3.05, 3.63) is 90.0 Å². The number of carbonyl (C=O) groups is 2. The van der Waals surface area contributed by atoms with Gasteiger partial charge in [0.2, 0.25) is 28.6 Å². The van der Waals surface area contributed by atoms with Crippen molar-refractivity contribution in [2.75, 3.05) is 23.9 Å². The number of benzene rings is 3. The zero-order chi connectivity index (χ0) is 30.3. The van der Waals surface area contributed by atoms with Gasteiger partial charge in [-0.1, -0.05) is 60.7 Å². The first-order valence-corrected chi connectivity index (χ1v) is 15.8. The fourth-order valence-corrected chi connectivity index (χ4v) is 5.79. The third-order valence-electron chi connectivity index (χ3n) is 6.76. The number of anilines is 1. The first-order valence-electron chi connectivity index (χ1n) is 14.0. The highest BCUT2D eigenvalue weighted by Crippen LogP contribution is 2.36. The Hall–Kier alpha value is -4.05. The highest BCUT2D eigenvalue weighted by molar-refractivity contribution is 7.92. The minimum absolute atomic E-state index is 0.0531. The van der Waals surface area contributed by atoms with Gasteiger partial charge in [-0.25, -0.2) is 8.42 Å². The number of hydrogen-bond donors (Lipinski definition) is 1. The van der Waals surface area contributed by atoms with Crippen LogP contribution in [0, 0.1) is 0 Å². The molecule has 2 amide bonds. The topological polar surface area (TPSA) is 105 Å². The molecule has 42 heavy (non-hydrogen) atoms. The maximum absolute atomic E-state index is 13.9. The number of nitrogens with one attached hydrogen (secondary N) is 1. The van der Waals surface area contributed by atoms with Crippen LogP contribution >= 0.6 is 0 Å². The summed E-state index contributed by atoms with van der Waals surface area (Å²) in [6, 6.07) is 23.3. The molecule has 0 aromatic heterocycles. The first-order chi connectivity index (χ1) is 19.9. The van der Waals surface area contributed by atoms with E-state index >= 15 is 0 Å². The van der Waals surface area contributed by atoms with Gasteiger partial charge in [0.1, 0.15) is 6.04 Å². The van der Waals surface area contributed by atoms with Crippen LogP contribution in [0.3, 0.4) is 0 Å². The van der Waals surface area contributed by atoms with E-state index in [4.69, 9.17) is 9.47 Å². The van der Waals surface area contributed by atoms with Crippen molar-refractivity contribution in [3.63, 3.8) is 0 Å². The molecular weight excluding hydrogens is 554 g/mol. The lowest BCUT2D eigenvalue weighted by Crippen LogP contribution is -2.54. The summed E-state index contributed by atoms with van der Waals surface area (Å²) < 4.78 is 37.5. The number of fused-ring (bicyclic) bond motifs is 1. The van der Waals surface area contributed by atoms with Gasteiger partial charge in [0, 0.05) is 37.5 Å². The lowest BCUT2D eigenvalue weighted by atomic mass is 10.00. The molecule has 0 bridgehead atoms. The van der Waals surface area contributed by atoms with Crippen LogP contribution in [0.15, 0.2) is 78.9 Å². The van der Waals surface area contributed by atoms with Gasteiger partial charge in [0.05, 0.1) is 11.9 Å². The molecule has 0 saturated carbocycles. The summed E-state index contributed by atoms with van der Waals surface area (Å²) in [5.41, 5.74) is 1.77. The molecule has 1 unspecified atom stereocenters. The fourth-order valence-electron chi connectivity index (χ4n) is 4.83. The third-order valence-corrected chi connectivity index (χ3v) is 7.96. The van der Waals surface area contributed by atoms with Crippen LogP contribution in [0.1, 0.15) is 44.7 Å². The summed E-state index contributed by atoms with van der Waals surface area (Å²) >= 11 is 0. The predicted molar refractivity (Wildman–Crippen MR) is 163 cm³/mol. The Morgan fingerprint density at radius 2 is 1.52 bits per heavy atom. The molecule has 9 nitrogen and oxygen atoms in total. The normalized spacial score (nSPS) is 13.3. The first kappa shape index (κ1) is 30.9. The van der Waals surface area contributed by atoms with E-state index in [2.05, 4.69) is 5.32 Å². The second-order valence-corrected chi connectivity index (χ2v) is 13.3. The van der Waals surface area contributed by atoms with Gasteiger partial charge < -0.3 is 19.7 Å². The van der Waals surface area contributed by atoms with E-state index in [0.717, 1.165) is 17.4 Å². The van der Waals surface area contributed by atoms with Crippen molar-refractivity contribution in [1.29, 1.82) is 0 Å². The molecule has 0 aliphatic carbocycles. The highest BCUT2D eigenvalue weighted by Gasteiger charge is 2.32. The van der Waals surface area contributed by atoms with E-state index in [1.807, 2.05) is 81.4 Å². The Balaban J connectivity index is 1.57. The number of sulfonamides is 1. The highest BCUT2D eigenvalue weighted by atomic mass is 32.2. The van der Waals surface area contributed by atoms with Gasteiger partial charge in [-0.05, 0) is 50.5 Å². The molecule has 3 aromatic carbocycles. The SMILES string of the molecule is CC(C)(C)NC(=O)C(Cc1ccccc1)N(Cc1ccccc1)C(=O)CCCN(c1ccc2c(c1)OCO2)S(C)(=O)=O. The van der Waals surface area contributed by atoms with Crippen LogP contribution in [0.5, 0.6) is 11.5 Å². The van der Waals surface area contributed by atoms with Crippen molar-refractivity contribution in [2.45, 2.75) is 58.2 Å². The van der Waals surface area contributed by atoms with E-state index in [1.165, 1.54) is 4.31 Å². The predicted octanol–water partition coefficient (Wildman–Crippen LogP) is 4.52. The molecule has 1 aliphatic heterocycles. The molecule has 0 radical (unpaired) electrons. The molecule has 1 heterocycles. The van der Waals surface area contributed by atoms with Crippen LogP contribution in [-0.2, 0) is 32.6 Å². The monoisotopic (exact) mass is 593 g/mol. The molecule has 1 N–H and O–H groups in total. The number of hydrogen-bond acceptors (Lipinski definition) is 6. The van der Waals surface area contributed by atoms with Crippen LogP contribution in [0.4, 0.5) is 5.69 Å². The second-order valence-electron chi connectivity index (χ2n) is 11.4. The van der Waals surface area contributed by atoms with Gasteiger partial charge in [-0.15, -0.1) is 0 Å². The molecule has 4 rings (SSSR count). The third kappa shape index (κ3) is 8.48. The zero-order valence-corrected chi connectivity index (χ0v) is 25.4.